The topological polar surface area (TPSA) is 124 Å². The first-order valence-corrected chi connectivity index (χ1v) is 6.74. The second kappa shape index (κ2) is 6.99. The number of nitro benzene ring substituents is 1. The van der Waals surface area contributed by atoms with Gasteiger partial charge in [0.2, 0.25) is 0 Å². The van der Waals surface area contributed by atoms with Crippen LogP contribution in [-0.2, 0) is 14.3 Å². The highest BCUT2D eigenvalue weighted by atomic mass is 16.6. The second-order valence-corrected chi connectivity index (χ2v) is 5.85. The Kier molecular flexibility index (Phi) is 5.56. The predicted molar refractivity (Wildman–Crippen MR) is 79.0 cm³/mol. The molecule has 0 saturated heterocycles. The van der Waals surface area contributed by atoms with E-state index < -0.39 is 40.6 Å². The number of hydrogen-bond donors (Lipinski definition) is 1. The van der Waals surface area contributed by atoms with Gasteiger partial charge in [-0.1, -0.05) is 12.1 Å². The van der Waals surface area contributed by atoms with Crippen LogP contribution in [0.5, 0.6) is 0 Å². The zero-order chi connectivity index (χ0) is 17.8. The number of benzene rings is 1. The maximum absolute atomic E-state index is 12.3. The molecule has 0 spiro atoms. The number of rotatable bonds is 6. The van der Waals surface area contributed by atoms with Crippen LogP contribution in [0, 0.1) is 16.0 Å². The van der Waals surface area contributed by atoms with Crippen LogP contribution in [0.2, 0.25) is 0 Å². The van der Waals surface area contributed by atoms with E-state index in [9.17, 15) is 24.5 Å². The molecule has 1 rings (SSSR count). The van der Waals surface area contributed by atoms with Crippen LogP contribution in [-0.4, -0.2) is 33.4 Å². The van der Waals surface area contributed by atoms with Crippen LogP contribution in [0.15, 0.2) is 24.3 Å². The first-order chi connectivity index (χ1) is 10.5. The molecule has 0 saturated carbocycles. The fraction of sp³-hybridized carbons (Fsp3) is 0.400. The van der Waals surface area contributed by atoms with Crippen molar-refractivity contribution in [3.05, 3.63) is 39.9 Å². The number of hydrogen-bond acceptors (Lipinski definition) is 6. The monoisotopic (exact) mass is 323 g/mol. The fourth-order valence-electron chi connectivity index (χ4n) is 1.82. The zero-order valence-electron chi connectivity index (χ0n) is 12.9. The van der Waals surface area contributed by atoms with Gasteiger partial charge in [0, 0.05) is 17.7 Å². The van der Waals surface area contributed by atoms with Crippen molar-refractivity contribution in [2.45, 2.75) is 32.8 Å². The van der Waals surface area contributed by atoms with Crippen molar-refractivity contribution in [1.82, 2.24) is 0 Å². The first kappa shape index (κ1) is 18.3. The van der Waals surface area contributed by atoms with E-state index in [-0.39, 0.29) is 11.3 Å². The van der Waals surface area contributed by atoms with Crippen LogP contribution in [0.3, 0.4) is 0 Å². The third-order valence-corrected chi connectivity index (χ3v) is 2.75. The number of carbonyl (C=O) groups is 3. The maximum atomic E-state index is 12.3. The average Bonchev–Trinajstić information content (AvgIpc) is 2.42. The molecule has 0 fully saturated rings. The van der Waals surface area contributed by atoms with Crippen molar-refractivity contribution >= 4 is 23.4 Å². The van der Waals surface area contributed by atoms with Crippen LogP contribution < -0.4 is 0 Å². The van der Waals surface area contributed by atoms with Crippen molar-refractivity contribution < 1.29 is 29.2 Å². The molecule has 0 aromatic heterocycles. The molecule has 0 aliphatic carbocycles. The number of nitro groups is 1. The van der Waals surface area contributed by atoms with Gasteiger partial charge in [0.25, 0.3) is 5.69 Å². The van der Waals surface area contributed by atoms with Gasteiger partial charge in [-0.15, -0.1) is 0 Å². The van der Waals surface area contributed by atoms with E-state index in [1.807, 2.05) is 0 Å². The molecular weight excluding hydrogens is 306 g/mol. The van der Waals surface area contributed by atoms with Gasteiger partial charge in [-0.2, -0.15) is 0 Å². The molecule has 0 aliphatic rings. The van der Waals surface area contributed by atoms with Gasteiger partial charge in [0.15, 0.2) is 5.78 Å². The minimum atomic E-state index is -1.66. The zero-order valence-corrected chi connectivity index (χ0v) is 12.9. The predicted octanol–water partition coefficient (Wildman–Crippen LogP) is 2.21. The molecule has 1 atom stereocenters. The molecule has 0 aliphatic heterocycles. The number of carboxylic acid groups (broad SMARTS) is 1. The van der Waals surface area contributed by atoms with E-state index in [4.69, 9.17) is 9.84 Å². The van der Waals surface area contributed by atoms with Crippen molar-refractivity contribution in [2.75, 3.05) is 0 Å². The summed E-state index contributed by atoms with van der Waals surface area (Å²) in [5.74, 6) is -4.87. The summed E-state index contributed by atoms with van der Waals surface area (Å²) in [6.07, 6.45) is -0.645. The summed E-state index contributed by atoms with van der Waals surface area (Å²) >= 11 is 0. The molecule has 1 aromatic carbocycles. The molecule has 8 heteroatoms. The Bertz CT molecular complexity index is 645. The van der Waals surface area contributed by atoms with Crippen molar-refractivity contribution in [3.8, 4) is 0 Å². The lowest BCUT2D eigenvalue weighted by Crippen LogP contribution is -2.31. The normalized spacial score (nSPS) is 12.3. The Morgan fingerprint density at radius 2 is 1.91 bits per heavy atom. The maximum Gasteiger partial charge on any atom is 0.315 e. The number of non-ortho nitro benzene ring substituents is 1. The number of carboxylic acids is 1. The number of nitrogens with zero attached hydrogens (tertiary/aromatic N) is 1. The smallest absolute Gasteiger partial charge is 0.315 e. The Morgan fingerprint density at radius 1 is 1.30 bits per heavy atom. The summed E-state index contributed by atoms with van der Waals surface area (Å²) in [4.78, 5) is 45.3. The first-order valence-electron chi connectivity index (χ1n) is 6.74. The number of aliphatic carboxylic acids is 1. The summed E-state index contributed by atoms with van der Waals surface area (Å²) < 4.78 is 5.00. The molecule has 1 unspecified atom stereocenters. The molecular formula is C15H17NO7. The van der Waals surface area contributed by atoms with E-state index in [0.29, 0.717) is 0 Å². The molecule has 8 nitrogen and oxygen atoms in total. The Labute approximate surface area is 132 Å². The number of ketones is 1. The largest absolute Gasteiger partial charge is 0.481 e. The van der Waals surface area contributed by atoms with E-state index >= 15 is 0 Å². The van der Waals surface area contributed by atoms with Crippen LogP contribution in [0.1, 0.15) is 37.6 Å². The van der Waals surface area contributed by atoms with Gasteiger partial charge >= 0.3 is 11.9 Å². The van der Waals surface area contributed by atoms with E-state index in [2.05, 4.69) is 0 Å². The molecule has 0 amide bonds. The van der Waals surface area contributed by atoms with Crippen molar-refractivity contribution in [1.29, 1.82) is 0 Å². The summed E-state index contributed by atoms with van der Waals surface area (Å²) in [7, 11) is 0. The lowest BCUT2D eigenvalue weighted by Gasteiger charge is -2.20. The van der Waals surface area contributed by atoms with E-state index in [1.54, 1.807) is 20.8 Å². The Morgan fingerprint density at radius 3 is 2.39 bits per heavy atom. The van der Waals surface area contributed by atoms with Gasteiger partial charge in [-0.25, -0.2) is 0 Å². The fourth-order valence-corrected chi connectivity index (χ4v) is 1.82. The van der Waals surface area contributed by atoms with Gasteiger partial charge in [-0.3, -0.25) is 24.5 Å². The minimum Gasteiger partial charge on any atom is -0.481 e. The van der Waals surface area contributed by atoms with E-state index in [0.717, 1.165) is 6.07 Å². The van der Waals surface area contributed by atoms with E-state index in [1.165, 1.54) is 18.2 Å². The molecule has 124 valence electrons. The van der Waals surface area contributed by atoms with Crippen LogP contribution in [0.25, 0.3) is 0 Å². The van der Waals surface area contributed by atoms with Crippen molar-refractivity contribution in [3.63, 3.8) is 0 Å². The summed E-state index contributed by atoms with van der Waals surface area (Å²) in [5, 5.41) is 19.9. The van der Waals surface area contributed by atoms with Gasteiger partial charge in [0.1, 0.15) is 11.5 Å². The highest BCUT2D eigenvalue weighted by Gasteiger charge is 2.32. The summed E-state index contributed by atoms with van der Waals surface area (Å²) in [5.41, 5.74) is -1.29. The van der Waals surface area contributed by atoms with Gasteiger partial charge in [0.05, 0.1) is 11.3 Å². The summed E-state index contributed by atoms with van der Waals surface area (Å²) in [6.45, 7) is 4.84. The van der Waals surface area contributed by atoms with Crippen LogP contribution in [0.4, 0.5) is 5.69 Å². The lowest BCUT2D eigenvalue weighted by atomic mass is 9.94. The summed E-state index contributed by atoms with van der Waals surface area (Å²) in [6, 6.07) is 4.70. The second-order valence-electron chi connectivity index (χ2n) is 5.85. The molecule has 23 heavy (non-hydrogen) atoms. The van der Waals surface area contributed by atoms with Crippen LogP contribution >= 0.6 is 0 Å². The highest BCUT2D eigenvalue weighted by molar-refractivity contribution is 6.10. The van der Waals surface area contributed by atoms with Crippen molar-refractivity contribution in [2.24, 2.45) is 5.92 Å². The number of esters is 1. The van der Waals surface area contributed by atoms with Gasteiger partial charge < -0.3 is 9.84 Å². The Balaban J connectivity index is 3.00. The quantitative estimate of drug-likeness (QED) is 0.280. The highest BCUT2D eigenvalue weighted by Crippen LogP contribution is 2.20. The average molecular weight is 323 g/mol. The third-order valence-electron chi connectivity index (χ3n) is 2.75. The molecule has 0 bridgehead atoms. The molecule has 0 radical (unpaired) electrons. The third kappa shape index (κ3) is 5.50. The van der Waals surface area contributed by atoms with Gasteiger partial charge in [-0.05, 0) is 20.8 Å². The molecule has 1 aromatic rings. The Hall–Kier alpha value is -2.77. The number of carbonyl (C=O) groups excluding carboxylic acids is 2. The number of ether oxygens (including phenoxy) is 1. The molecule has 1 N–H and O–H groups in total. The lowest BCUT2D eigenvalue weighted by molar-refractivity contribution is -0.384. The number of Topliss-reactive ketones (excluding diaryl/α,β-unsaturated/α-hetero) is 1. The minimum absolute atomic E-state index is 0.143. The SMILES string of the molecule is CC(C)(C)OC(=O)CC(C(=O)O)C(=O)c1cccc([N+](=O)[O-])c1. The molecule has 0 heterocycles. The standard InChI is InChI=1S/C15H17NO7/c1-15(2,3)23-12(17)8-11(14(19)20)13(18)9-5-4-6-10(7-9)16(21)22/h4-7,11H,8H2,1-3H3,(H,19,20).